The molecule has 0 bridgehead atoms. The van der Waals surface area contributed by atoms with Crippen molar-refractivity contribution in [1.29, 1.82) is 0 Å². The Hall–Kier alpha value is -3.06. The molecule has 1 fully saturated rings. The fourth-order valence-corrected chi connectivity index (χ4v) is 3.45. The Kier molecular flexibility index (Phi) is 7.68. The number of carbonyl (C=O) groups excluding carboxylic acids is 2. The Labute approximate surface area is 176 Å². The average molecular weight is 412 g/mol. The quantitative estimate of drug-likeness (QED) is 0.649. The number of likely N-dealkylation sites (tertiary alicyclic amines) is 1. The number of aryl methyl sites for hydroxylation is 1. The van der Waals surface area contributed by atoms with E-state index in [1.54, 1.807) is 24.3 Å². The van der Waals surface area contributed by atoms with Gasteiger partial charge in [0, 0.05) is 25.4 Å². The number of phenols is 1. The number of hydrogen-bond acceptors (Lipinski definition) is 5. The highest BCUT2D eigenvalue weighted by molar-refractivity contribution is 5.76. The van der Waals surface area contributed by atoms with Gasteiger partial charge in [-0.3, -0.25) is 4.79 Å². The molecule has 2 aromatic rings. The molecule has 0 spiro atoms. The number of amides is 2. The minimum atomic E-state index is -0.708. The molecule has 3 N–H and O–H groups in total. The van der Waals surface area contributed by atoms with Gasteiger partial charge in [0.15, 0.2) is 0 Å². The van der Waals surface area contributed by atoms with Crippen LogP contribution in [0.3, 0.4) is 0 Å². The van der Waals surface area contributed by atoms with Gasteiger partial charge in [-0.2, -0.15) is 0 Å². The summed E-state index contributed by atoms with van der Waals surface area (Å²) < 4.78 is 5.32. The molecule has 1 aliphatic rings. The number of aliphatic hydroxyl groups excluding tert-OH is 1. The zero-order valence-corrected chi connectivity index (χ0v) is 16.9. The standard InChI is InChI=1S/C23H28N2O5/c26-20-9-6-17(7-10-20)8-11-22(28)24-14-19-12-13-25(15-21(19)27)23(29)30-16-18-4-2-1-3-5-18/h1-7,9-10,19,21,26-27H,8,11-16H2,(H,24,28)/t19-,21+/m0/s1. The van der Waals surface area contributed by atoms with Gasteiger partial charge in [-0.15, -0.1) is 0 Å². The van der Waals surface area contributed by atoms with E-state index in [1.165, 1.54) is 4.90 Å². The van der Waals surface area contributed by atoms with Crippen molar-refractivity contribution < 1.29 is 24.5 Å². The van der Waals surface area contributed by atoms with Crippen molar-refractivity contribution in [1.82, 2.24) is 10.2 Å². The van der Waals surface area contributed by atoms with Crippen LogP contribution >= 0.6 is 0 Å². The molecule has 0 unspecified atom stereocenters. The number of phenolic OH excluding ortho intramolecular Hbond substituents is 1. The van der Waals surface area contributed by atoms with Crippen molar-refractivity contribution in [3.05, 3.63) is 65.7 Å². The molecule has 0 radical (unpaired) electrons. The summed E-state index contributed by atoms with van der Waals surface area (Å²) in [6.45, 7) is 1.26. The number of aromatic hydroxyl groups is 1. The van der Waals surface area contributed by atoms with Crippen molar-refractivity contribution in [2.24, 2.45) is 5.92 Å². The lowest BCUT2D eigenvalue weighted by atomic mass is 9.94. The molecular formula is C23H28N2O5. The molecule has 2 aromatic carbocycles. The van der Waals surface area contributed by atoms with Crippen LogP contribution in [0.4, 0.5) is 4.79 Å². The van der Waals surface area contributed by atoms with Crippen molar-refractivity contribution in [2.75, 3.05) is 19.6 Å². The average Bonchev–Trinajstić information content (AvgIpc) is 2.77. The summed E-state index contributed by atoms with van der Waals surface area (Å²) in [5.41, 5.74) is 1.89. The minimum absolute atomic E-state index is 0.0834. The normalized spacial score (nSPS) is 18.6. The number of ether oxygens (including phenoxy) is 1. The monoisotopic (exact) mass is 412 g/mol. The van der Waals surface area contributed by atoms with Crippen LogP contribution < -0.4 is 5.32 Å². The third kappa shape index (κ3) is 6.49. The lowest BCUT2D eigenvalue weighted by Crippen LogP contribution is -2.49. The minimum Gasteiger partial charge on any atom is -0.508 e. The first-order valence-electron chi connectivity index (χ1n) is 10.2. The summed E-state index contributed by atoms with van der Waals surface area (Å²) in [6, 6.07) is 16.2. The Morgan fingerprint density at radius 2 is 1.80 bits per heavy atom. The molecule has 2 atom stereocenters. The van der Waals surface area contributed by atoms with Gasteiger partial charge >= 0.3 is 6.09 Å². The predicted octanol–water partition coefficient (Wildman–Crippen LogP) is 2.46. The van der Waals surface area contributed by atoms with Crippen LogP contribution in [0.15, 0.2) is 54.6 Å². The van der Waals surface area contributed by atoms with Crippen LogP contribution in [-0.4, -0.2) is 52.9 Å². The summed E-state index contributed by atoms with van der Waals surface area (Å²) in [4.78, 5) is 25.8. The zero-order chi connectivity index (χ0) is 21.3. The number of aliphatic hydroxyl groups is 1. The highest BCUT2D eigenvalue weighted by atomic mass is 16.6. The van der Waals surface area contributed by atoms with Gasteiger partial charge in [-0.1, -0.05) is 42.5 Å². The fraction of sp³-hybridized carbons (Fsp3) is 0.391. The van der Waals surface area contributed by atoms with Crippen LogP contribution in [0.25, 0.3) is 0 Å². The van der Waals surface area contributed by atoms with Crippen LogP contribution in [0, 0.1) is 5.92 Å². The van der Waals surface area contributed by atoms with Crippen LogP contribution in [-0.2, 0) is 22.6 Å². The lowest BCUT2D eigenvalue weighted by molar-refractivity contribution is -0.121. The zero-order valence-electron chi connectivity index (χ0n) is 16.9. The number of hydrogen-bond donors (Lipinski definition) is 3. The highest BCUT2D eigenvalue weighted by Crippen LogP contribution is 2.18. The number of piperidine rings is 1. The number of rotatable bonds is 7. The maximum absolute atomic E-state index is 12.2. The first-order valence-corrected chi connectivity index (χ1v) is 10.2. The fourth-order valence-electron chi connectivity index (χ4n) is 3.45. The second-order valence-electron chi connectivity index (χ2n) is 7.57. The van der Waals surface area contributed by atoms with E-state index in [0.717, 1.165) is 11.1 Å². The van der Waals surface area contributed by atoms with Gasteiger partial charge in [0.25, 0.3) is 0 Å². The maximum Gasteiger partial charge on any atom is 0.410 e. The van der Waals surface area contributed by atoms with E-state index >= 15 is 0 Å². The Morgan fingerprint density at radius 3 is 2.50 bits per heavy atom. The second-order valence-corrected chi connectivity index (χ2v) is 7.57. The van der Waals surface area contributed by atoms with Gasteiger partial charge < -0.3 is 25.2 Å². The van der Waals surface area contributed by atoms with Gasteiger partial charge in [-0.05, 0) is 36.1 Å². The molecule has 0 aromatic heterocycles. The third-order valence-corrected chi connectivity index (χ3v) is 5.32. The van der Waals surface area contributed by atoms with Crippen molar-refractivity contribution in [3.63, 3.8) is 0 Å². The van der Waals surface area contributed by atoms with E-state index in [2.05, 4.69) is 5.32 Å². The molecule has 7 heteroatoms. The number of nitrogens with zero attached hydrogens (tertiary/aromatic N) is 1. The molecule has 2 amide bonds. The second kappa shape index (κ2) is 10.6. The van der Waals surface area contributed by atoms with E-state index in [1.807, 2.05) is 30.3 Å². The van der Waals surface area contributed by atoms with Crippen LogP contribution in [0.2, 0.25) is 0 Å². The summed E-state index contributed by atoms with van der Waals surface area (Å²) in [6.07, 6.45) is 0.376. The molecule has 3 rings (SSSR count). The largest absolute Gasteiger partial charge is 0.508 e. The van der Waals surface area contributed by atoms with E-state index < -0.39 is 12.2 Å². The molecular weight excluding hydrogens is 384 g/mol. The Bertz CT molecular complexity index is 825. The van der Waals surface area contributed by atoms with E-state index in [9.17, 15) is 19.8 Å². The molecule has 1 saturated heterocycles. The molecule has 1 heterocycles. The number of carbonyl (C=O) groups is 2. The molecule has 0 saturated carbocycles. The Balaban J connectivity index is 1.35. The number of nitrogens with one attached hydrogen (secondary N) is 1. The maximum atomic E-state index is 12.2. The summed E-state index contributed by atoms with van der Waals surface area (Å²) in [7, 11) is 0. The molecule has 1 aliphatic heterocycles. The summed E-state index contributed by atoms with van der Waals surface area (Å²) in [5, 5.41) is 22.6. The topological polar surface area (TPSA) is 99.1 Å². The van der Waals surface area contributed by atoms with E-state index in [0.29, 0.717) is 32.4 Å². The van der Waals surface area contributed by atoms with Gasteiger partial charge in [-0.25, -0.2) is 4.79 Å². The predicted molar refractivity (Wildman–Crippen MR) is 112 cm³/mol. The summed E-state index contributed by atoms with van der Waals surface area (Å²) in [5.74, 6) is 0.0215. The van der Waals surface area contributed by atoms with Crippen molar-refractivity contribution >= 4 is 12.0 Å². The molecule has 160 valence electrons. The molecule has 7 nitrogen and oxygen atoms in total. The van der Waals surface area contributed by atoms with Crippen molar-refractivity contribution in [3.8, 4) is 5.75 Å². The molecule has 0 aliphatic carbocycles. The lowest BCUT2D eigenvalue weighted by Gasteiger charge is -2.35. The highest BCUT2D eigenvalue weighted by Gasteiger charge is 2.31. The van der Waals surface area contributed by atoms with Crippen molar-refractivity contribution in [2.45, 2.75) is 32.0 Å². The number of benzene rings is 2. The van der Waals surface area contributed by atoms with Gasteiger partial charge in [0.05, 0.1) is 12.6 Å². The molecule has 30 heavy (non-hydrogen) atoms. The first-order chi connectivity index (χ1) is 14.5. The summed E-state index contributed by atoms with van der Waals surface area (Å²) >= 11 is 0. The van der Waals surface area contributed by atoms with Crippen LogP contribution in [0.5, 0.6) is 5.75 Å². The Morgan fingerprint density at radius 1 is 1.07 bits per heavy atom. The van der Waals surface area contributed by atoms with E-state index in [-0.39, 0.29) is 30.7 Å². The smallest absolute Gasteiger partial charge is 0.410 e. The number of β-amino-alcohol motifs (C(OH)–C–C–N with tert-alkyl or cyclic N) is 1. The van der Waals surface area contributed by atoms with Gasteiger partial charge in [0.2, 0.25) is 5.91 Å². The van der Waals surface area contributed by atoms with Gasteiger partial charge in [0.1, 0.15) is 12.4 Å². The first kappa shape index (κ1) is 21.6. The van der Waals surface area contributed by atoms with E-state index in [4.69, 9.17) is 4.74 Å². The van der Waals surface area contributed by atoms with Crippen LogP contribution in [0.1, 0.15) is 24.0 Å². The third-order valence-electron chi connectivity index (χ3n) is 5.32. The SMILES string of the molecule is O=C(CCc1ccc(O)cc1)NC[C@@H]1CCN(C(=O)OCc2ccccc2)C[C@H]1O.